The summed E-state index contributed by atoms with van der Waals surface area (Å²) in [6, 6.07) is 8.67. The maximum absolute atomic E-state index is 12.8. The Morgan fingerprint density at radius 3 is 2.55 bits per heavy atom. The first-order valence-electron chi connectivity index (χ1n) is 8.51. The highest BCUT2D eigenvalue weighted by atomic mass is 19.4. The van der Waals surface area contributed by atoms with E-state index in [0.717, 1.165) is 18.2 Å². The molecule has 29 heavy (non-hydrogen) atoms. The Morgan fingerprint density at radius 2 is 1.90 bits per heavy atom. The molecule has 1 aliphatic rings. The molecule has 0 bridgehead atoms. The highest BCUT2D eigenvalue weighted by Crippen LogP contribution is 2.29. The number of halogens is 3. The zero-order valence-corrected chi connectivity index (χ0v) is 14.9. The molecule has 2 aromatic carbocycles. The Kier molecular flexibility index (Phi) is 5.87. The molecular weight excluding hydrogens is 395 g/mol. The number of anilines is 2. The minimum absolute atomic E-state index is 0.0308. The van der Waals surface area contributed by atoms with E-state index in [-0.39, 0.29) is 16.9 Å². The lowest BCUT2D eigenvalue weighted by Crippen LogP contribution is -2.37. The van der Waals surface area contributed by atoms with E-state index in [4.69, 9.17) is 4.74 Å². The van der Waals surface area contributed by atoms with Gasteiger partial charge in [0, 0.05) is 37.0 Å². The van der Waals surface area contributed by atoms with Crippen molar-refractivity contribution in [2.45, 2.75) is 6.36 Å². The van der Waals surface area contributed by atoms with Gasteiger partial charge in [0.1, 0.15) is 5.75 Å². The van der Waals surface area contributed by atoms with Gasteiger partial charge in [-0.15, -0.1) is 13.2 Å². The Balaban J connectivity index is 1.88. The number of non-ortho nitro benzene ring substituents is 1. The number of ether oxygens (including phenoxy) is 2. The molecule has 1 aliphatic heterocycles. The van der Waals surface area contributed by atoms with E-state index in [1.54, 1.807) is 0 Å². The summed E-state index contributed by atoms with van der Waals surface area (Å²) in [5, 5.41) is 13.6. The monoisotopic (exact) mass is 411 g/mol. The molecule has 1 saturated heterocycles. The molecule has 1 fully saturated rings. The average Bonchev–Trinajstić information content (AvgIpc) is 2.67. The van der Waals surface area contributed by atoms with E-state index in [9.17, 15) is 28.1 Å². The molecule has 0 aromatic heterocycles. The lowest BCUT2D eigenvalue weighted by molar-refractivity contribution is -0.384. The smallest absolute Gasteiger partial charge is 0.406 e. The van der Waals surface area contributed by atoms with Crippen molar-refractivity contribution in [3.05, 3.63) is 58.1 Å². The number of morpholine rings is 1. The molecule has 0 radical (unpaired) electrons. The molecule has 8 nitrogen and oxygen atoms in total. The van der Waals surface area contributed by atoms with Crippen molar-refractivity contribution in [1.82, 2.24) is 0 Å². The predicted octanol–water partition coefficient (Wildman–Crippen LogP) is 3.58. The van der Waals surface area contributed by atoms with Gasteiger partial charge in [-0.25, -0.2) is 0 Å². The Labute approximate surface area is 163 Å². The summed E-state index contributed by atoms with van der Waals surface area (Å²) in [6.45, 7) is 1.86. The molecule has 0 spiro atoms. The van der Waals surface area contributed by atoms with E-state index < -0.39 is 22.9 Å². The third-order valence-electron chi connectivity index (χ3n) is 4.11. The topological polar surface area (TPSA) is 93.9 Å². The lowest BCUT2D eigenvalue weighted by Gasteiger charge is -2.30. The van der Waals surface area contributed by atoms with Gasteiger partial charge in [-0.3, -0.25) is 14.9 Å². The molecule has 1 amide bonds. The maximum atomic E-state index is 12.8. The molecule has 1 heterocycles. The van der Waals surface area contributed by atoms with Crippen LogP contribution in [0.4, 0.5) is 30.2 Å². The zero-order valence-electron chi connectivity index (χ0n) is 14.9. The molecule has 2 aromatic rings. The summed E-state index contributed by atoms with van der Waals surface area (Å²) in [6.07, 6.45) is -4.87. The van der Waals surface area contributed by atoms with Gasteiger partial charge in [0.05, 0.1) is 29.4 Å². The van der Waals surface area contributed by atoms with Crippen LogP contribution in [0.15, 0.2) is 42.5 Å². The Bertz CT molecular complexity index is 914. The molecule has 0 saturated carbocycles. The molecule has 3 rings (SSSR count). The van der Waals surface area contributed by atoms with Gasteiger partial charge in [0.25, 0.3) is 11.6 Å². The first-order valence-corrected chi connectivity index (χ1v) is 8.51. The number of nitro benzene ring substituents is 1. The quantitative estimate of drug-likeness (QED) is 0.597. The summed E-state index contributed by atoms with van der Waals surface area (Å²) in [5.74, 6) is -1.19. The molecule has 11 heteroatoms. The van der Waals surface area contributed by atoms with Crippen molar-refractivity contribution < 1.29 is 32.4 Å². The zero-order chi connectivity index (χ0) is 21.0. The number of carbonyl (C=O) groups excluding carboxylic acids is 1. The highest BCUT2D eigenvalue weighted by Gasteiger charge is 2.31. The van der Waals surface area contributed by atoms with Crippen molar-refractivity contribution in [1.29, 1.82) is 0 Å². The van der Waals surface area contributed by atoms with Crippen LogP contribution in [-0.2, 0) is 4.74 Å². The minimum Gasteiger partial charge on any atom is -0.406 e. The molecule has 154 valence electrons. The van der Waals surface area contributed by atoms with E-state index >= 15 is 0 Å². The van der Waals surface area contributed by atoms with Crippen molar-refractivity contribution in [3.8, 4) is 5.75 Å². The third kappa shape index (κ3) is 5.35. The van der Waals surface area contributed by atoms with Crippen LogP contribution in [0.25, 0.3) is 0 Å². The summed E-state index contributed by atoms with van der Waals surface area (Å²) in [7, 11) is 0. The number of nitrogens with one attached hydrogen (secondary N) is 1. The SMILES string of the molecule is O=C(Nc1cccc(OC(F)(F)F)c1)c1cc([N+](=O)[O-])ccc1N1CCOCC1. The summed E-state index contributed by atoms with van der Waals surface area (Å²) >= 11 is 0. The molecule has 0 unspecified atom stereocenters. The molecule has 0 atom stereocenters. The molecular formula is C18H16F3N3O5. The second kappa shape index (κ2) is 8.35. The van der Waals surface area contributed by atoms with Crippen LogP contribution >= 0.6 is 0 Å². The number of nitrogens with zero attached hydrogens (tertiary/aromatic N) is 2. The first kappa shape index (κ1) is 20.4. The Hall–Kier alpha value is -3.34. The normalized spacial score (nSPS) is 14.4. The number of rotatable bonds is 5. The van der Waals surface area contributed by atoms with Crippen molar-refractivity contribution in [2.24, 2.45) is 0 Å². The van der Waals surface area contributed by atoms with Crippen LogP contribution in [0.3, 0.4) is 0 Å². The van der Waals surface area contributed by atoms with Crippen LogP contribution in [0.5, 0.6) is 5.75 Å². The van der Waals surface area contributed by atoms with Gasteiger partial charge in [0.15, 0.2) is 0 Å². The largest absolute Gasteiger partial charge is 0.573 e. The fourth-order valence-electron chi connectivity index (χ4n) is 2.87. The number of carbonyl (C=O) groups is 1. The average molecular weight is 411 g/mol. The number of benzene rings is 2. The van der Waals surface area contributed by atoms with E-state index in [1.165, 1.54) is 24.3 Å². The van der Waals surface area contributed by atoms with Gasteiger partial charge >= 0.3 is 6.36 Å². The second-order valence-corrected chi connectivity index (χ2v) is 6.09. The van der Waals surface area contributed by atoms with Gasteiger partial charge in [-0.1, -0.05) is 6.07 Å². The first-order chi connectivity index (χ1) is 13.7. The summed E-state index contributed by atoms with van der Waals surface area (Å²) in [4.78, 5) is 25.1. The van der Waals surface area contributed by atoms with Crippen LogP contribution in [0.2, 0.25) is 0 Å². The van der Waals surface area contributed by atoms with Crippen molar-refractivity contribution in [2.75, 3.05) is 36.5 Å². The van der Waals surface area contributed by atoms with E-state index in [1.807, 2.05) is 4.90 Å². The lowest BCUT2D eigenvalue weighted by atomic mass is 10.1. The maximum Gasteiger partial charge on any atom is 0.573 e. The highest BCUT2D eigenvalue weighted by molar-refractivity contribution is 6.08. The summed E-state index contributed by atoms with van der Waals surface area (Å²) in [5.41, 5.74) is 0.278. The number of hydrogen-bond acceptors (Lipinski definition) is 6. The van der Waals surface area contributed by atoms with Crippen LogP contribution in [0.1, 0.15) is 10.4 Å². The molecule has 1 N–H and O–H groups in total. The van der Waals surface area contributed by atoms with Crippen LogP contribution in [-0.4, -0.2) is 43.5 Å². The predicted molar refractivity (Wildman–Crippen MR) is 97.2 cm³/mol. The fourth-order valence-corrected chi connectivity index (χ4v) is 2.87. The Morgan fingerprint density at radius 1 is 1.17 bits per heavy atom. The van der Waals surface area contributed by atoms with E-state index in [2.05, 4.69) is 10.1 Å². The second-order valence-electron chi connectivity index (χ2n) is 6.09. The summed E-state index contributed by atoms with van der Waals surface area (Å²) < 4.78 is 46.3. The van der Waals surface area contributed by atoms with Gasteiger partial charge in [-0.2, -0.15) is 0 Å². The van der Waals surface area contributed by atoms with Gasteiger partial charge in [-0.05, 0) is 18.2 Å². The number of hydrogen-bond donors (Lipinski definition) is 1. The van der Waals surface area contributed by atoms with Crippen LogP contribution in [0, 0.1) is 10.1 Å². The van der Waals surface area contributed by atoms with Gasteiger partial charge in [0.2, 0.25) is 0 Å². The third-order valence-corrected chi connectivity index (χ3v) is 4.11. The number of nitro groups is 1. The van der Waals surface area contributed by atoms with Gasteiger partial charge < -0.3 is 19.7 Å². The van der Waals surface area contributed by atoms with E-state index in [0.29, 0.717) is 32.0 Å². The van der Waals surface area contributed by atoms with Crippen LogP contribution < -0.4 is 15.0 Å². The number of amides is 1. The van der Waals surface area contributed by atoms with Crippen molar-refractivity contribution >= 4 is 23.0 Å². The van der Waals surface area contributed by atoms with Crippen molar-refractivity contribution in [3.63, 3.8) is 0 Å². The number of alkyl halides is 3. The fraction of sp³-hybridized carbons (Fsp3) is 0.278. The standard InChI is InChI=1S/C18H16F3N3O5/c19-18(20,21)29-14-3-1-2-12(10-14)22-17(25)15-11-13(24(26)27)4-5-16(15)23-6-8-28-9-7-23/h1-5,10-11H,6-9H2,(H,22,25). The molecule has 0 aliphatic carbocycles. The minimum atomic E-state index is -4.87.